The minimum atomic E-state index is -0.398. The number of benzene rings is 6. The molecule has 0 fully saturated rings. The molecule has 8 aromatic rings. The van der Waals surface area contributed by atoms with Crippen LogP contribution in [0.15, 0.2) is 158 Å². The van der Waals surface area contributed by atoms with Crippen molar-refractivity contribution in [3.8, 4) is 56.7 Å². The lowest BCUT2D eigenvalue weighted by Crippen LogP contribution is -2.20. The van der Waals surface area contributed by atoms with Gasteiger partial charge in [-0.05, 0) is 53.6 Å². The topological polar surface area (TPSA) is 67.7 Å². The summed E-state index contributed by atoms with van der Waals surface area (Å²) in [6.45, 7) is 9.06. The first-order chi connectivity index (χ1) is 26.8. The van der Waals surface area contributed by atoms with Gasteiger partial charge >= 0.3 is 0 Å². The molecule has 6 nitrogen and oxygen atoms in total. The van der Waals surface area contributed by atoms with Crippen LogP contribution >= 0.6 is 0 Å². The van der Waals surface area contributed by atoms with Crippen molar-refractivity contribution in [1.29, 1.82) is 0 Å². The molecule has 0 aliphatic heterocycles. The lowest BCUT2D eigenvalue weighted by molar-refractivity contribution is 0.617. The predicted octanol–water partition coefficient (Wildman–Crippen LogP) is 11.7. The van der Waals surface area contributed by atoms with Crippen LogP contribution in [0, 0.1) is 0 Å². The molecule has 0 N–H and O–H groups in total. The van der Waals surface area contributed by atoms with Crippen LogP contribution in [0.4, 0.5) is 17.1 Å². The summed E-state index contributed by atoms with van der Waals surface area (Å²) in [6.07, 6.45) is 0. The van der Waals surface area contributed by atoms with Crippen LogP contribution in [0.1, 0.15) is 50.2 Å². The van der Waals surface area contributed by atoms with Gasteiger partial charge in [-0.3, -0.25) is 0 Å². The monoisotopic (exact) mass is 710 g/mol. The first-order valence-electron chi connectivity index (χ1n) is 18.8. The minimum absolute atomic E-state index is 0.360. The van der Waals surface area contributed by atoms with Crippen LogP contribution in [0.2, 0.25) is 0 Å². The van der Waals surface area contributed by atoms with Gasteiger partial charge in [0.25, 0.3) is 0 Å². The van der Waals surface area contributed by atoms with Crippen LogP contribution in [0.5, 0.6) is 0 Å². The zero-order chi connectivity index (χ0) is 37.3. The fourth-order valence-corrected chi connectivity index (χ4v) is 8.28. The maximum absolute atomic E-state index is 5.52. The van der Waals surface area contributed by atoms with Crippen molar-refractivity contribution < 1.29 is 0 Å². The normalized spacial score (nSPS) is 14.1. The van der Waals surface area contributed by atoms with Crippen LogP contribution < -0.4 is 4.90 Å². The molecule has 0 radical (unpaired) electrons. The second-order valence-electron chi connectivity index (χ2n) is 15.4. The van der Waals surface area contributed by atoms with E-state index < -0.39 is 5.41 Å². The number of hydrogen-bond donors (Lipinski definition) is 0. The molecular formula is C49H38N6. The Labute approximate surface area is 321 Å². The van der Waals surface area contributed by atoms with E-state index in [1.807, 2.05) is 60.7 Å². The molecule has 0 saturated carbocycles. The molecule has 264 valence electrons. The van der Waals surface area contributed by atoms with Gasteiger partial charge in [0.2, 0.25) is 0 Å². The van der Waals surface area contributed by atoms with Crippen molar-refractivity contribution in [2.75, 3.05) is 4.90 Å². The van der Waals surface area contributed by atoms with Crippen LogP contribution in [0.3, 0.4) is 0 Å². The maximum Gasteiger partial charge on any atom is 0.164 e. The third-order valence-electron chi connectivity index (χ3n) is 11.2. The number of anilines is 3. The molecule has 0 amide bonds. The lowest BCUT2D eigenvalue weighted by Gasteiger charge is -2.27. The van der Waals surface area contributed by atoms with E-state index in [1.54, 1.807) is 0 Å². The van der Waals surface area contributed by atoms with Gasteiger partial charge < -0.3 is 4.90 Å². The van der Waals surface area contributed by atoms with Gasteiger partial charge in [0.15, 0.2) is 17.5 Å². The number of aromatic nitrogens is 5. The maximum atomic E-state index is 5.52. The Morgan fingerprint density at radius 2 is 0.764 bits per heavy atom. The van der Waals surface area contributed by atoms with Crippen molar-refractivity contribution in [3.05, 3.63) is 180 Å². The first kappa shape index (κ1) is 32.8. The molecule has 0 spiro atoms. The number of fused-ring (bicyclic) bond motifs is 6. The predicted molar refractivity (Wildman–Crippen MR) is 222 cm³/mol. The molecular weight excluding hydrogens is 673 g/mol. The fourth-order valence-electron chi connectivity index (χ4n) is 8.28. The van der Waals surface area contributed by atoms with E-state index in [0.717, 1.165) is 67.7 Å². The molecule has 10 rings (SSSR count). The summed E-state index contributed by atoms with van der Waals surface area (Å²) in [4.78, 5) is 28.3. The average Bonchev–Trinajstić information content (AvgIpc) is 3.59. The van der Waals surface area contributed by atoms with Gasteiger partial charge in [0.1, 0.15) is 0 Å². The minimum Gasteiger partial charge on any atom is -0.310 e. The number of hydrogen-bond acceptors (Lipinski definition) is 6. The van der Waals surface area contributed by atoms with Crippen LogP contribution in [0.25, 0.3) is 56.7 Å². The summed E-state index contributed by atoms with van der Waals surface area (Å²) in [5.74, 6) is 1.93. The highest BCUT2D eigenvalue weighted by atomic mass is 15.1. The molecule has 0 atom stereocenters. The van der Waals surface area contributed by atoms with E-state index in [1.165, 1.54) is 11.1 Å². The van der Waals surface area contributed by atoms with E-state index >= 15 is 0 Å². The highest BCUT2D eigenvalue weighted by Crippen LogP contribution is 2.54. The summed E-state index contributed by atoms with van der Waals surface area (Å²) in [6, 6.07) is 54.6. The molecule has 2 aliphatic carbocycles. The van der Waals surface area contributed by atoms with Gasteiger partial charge in [-0.1, -0.05) is 143 Å². The molecule has 2 aromatic heterocycles. The summed E-state index contributed by atoms with van der Waals surface area (Å²) < 4.78 is 0. The van der Waals surface area contributed by atoms with Crippen molar-refractivity contribution in [2.24, 2.45) is 0 Å². The Hall–Kier alpha value is -6.79. The quantitative estimate of drug-likeness (QED) is 0.171. The highest BCUT2D eigenvalue weighted by molar-refractivity contribution is 5.86. The second kappa shape index (κ2) is 12.4. The Bertz CT molecular complexity index is 2650. The number of rotatable bonds is 6. The van der Waals surface area contributed by atoms with E-state index in [2.05, 4.69) is 130 Å². The standard InChI is InChI=1S/C49H38N6/c1-48(2)39-29-33(47-53-45(31-17-9-5-10-18-31)52-46(54-47)32-19-11-6-12-20-32)25-27-37(39)41-43(48)51-42-38-28-26-36(30-40(38)49(3,4)44(42)50-41)55(34-21-13-7-14-22-34)35-23-15-8-16-24-35/h5-30H,1-4H3. The smallest absolute Gasteiger partial charge is 0.164 e. The van der Waals surface area contributed by atoms with Gasteiger partial charge in [-0.25, -0.2) is 24.9 Å². The third-order valence-corrected chi connectivity index (χ3v) is 11.2. The molecule has 0 saturated heterocycles. The van der Waals surface area contributed by atoms with E-state index in [0.29, 0.717) is 17.5 Å². The number of nitrogens with zero attached hydrogens (tertiary/aromatic N) is 6. The Kier molecular flexibility index (Phi) is 7.39. The summed E-state index contributed by atoms with van der Waals surface area (Å²) in [5.41, 5.74) is 14.0. The molecule has 6 aromatic carbocycles. The largest absolute Gasteiger partial charge is 0.310 e. The number of para-hydroxylation sites is 2. The third kappa shape index (κ3) is 5.28. The fraction of sp³-hybridized carbons (Fsp3) is 0.122. The zero-order valence-corrected chi connectivity index (χ0v) is 31.2. The van der Waals surface area contributed by atoms with Gasteiger partial charge in [0.05, 0.1) is 22.8 Å². The lowest BCUT2D eigenvalue weighted by atomic mass is 9.84. The van der Waals surface area contributed by atoms with Crippen molar-refractivity contribution in [3.63, 3.8) is 0 Å². The van der Waals surface area contributed by atoms with Crippen molar-refractivity contribution >= 4 is 17.1 Å². The zero-order valence-electron chi connectivity index (χ0n) is 31.2. The molecule has 2 heterocycles. The second-order valence-corrected chi connectivity index (χ2v) is 15.4. The Morgan fingerprint density at radius 3 is 1.24 bits per heavy atom. The van der Waals surface area contributed by atoms with Crippen LogP contribution in [-0.2, 0) is 10.8 Å². The highest BCUT2D eigenvalue weighted by Gasteiger charge is 2.45. The van der Waals surface area contributed by atoms with E-state index in [9.17, 15) is 0 Å². The van der Waals surface area contributed by atoms with Crippen LogP contribution in [-0.4, -0.2) is 24.9 Å². The molecule has 55 heavy (non-hydrogen) atoms. The average molecular weight is 711 g/mol. The van der Waals surface area contributed by atoms with E-state index in [4.69, 9.17) is 24.9 Å². The summed E-state index contributed by atoms with van der Waals surface area (Å²) >= 11 is 0. The van der Waals surface area contributed by atoms with Crippen molar-refractivity contribution in [1.82, 2.24) is 24.9 Å². The van der Waals surface area contributed by atoms with Gasteiger partial charge in [0, 0.05) is 55.7 Å². The molecule has 2 aliphatic rings. The van der Waals surface area contributed by atoms with E-state index in [-0.39, 0.29) is 5.41 Å². The molecule has 0 bridgehead atoms. The summed E-state index contributed by atoms with van der Waals surface area (Å²) in [5, 5.41) is 0. The van der Waals surface area contributed by atoms with Gasteiger partial charge in [-0.2, -0.15) is 0 Å². The Morgan fingerprint density at radius 1 is 0.364 bits per heavy atom. The summed E-state index contributed by atoms with van der Waals surface area (Å²) in [7, 11) is 0. The van der Waals surface area contributed by atoms with Gasteiger partial charge in [-0.15, -0.1) is 0 Å². The Balaban J connectivity index is 1.06. The van der Waals surface area contributed by atoms with Crippen molar-refractivity contribution in [2.45, 2.75) is 38.5 Å². The molecule has 0 unspecified atom stereocenters. The first-order valence-corrected chi connectivity index (χ1v) is 18.8. The SMILES string of the molecule is CC1(C)c2cc(-c3nc(-c4ccccc4)nc(-c4ccccc4)n3)ccc2-c2nc3c(nc21)-c1ccc(N(c2ccccc2)c2ccccc2)cc1C3(C)C. The molecule has 6 heteroatoms.